The predicted molar refractivity (Wildman–Crippen MR) is 81.8 cm³/mol. The Labute approximate surface area is 126 Å². The molecular weight excluding hydrogens is 297 g/mol. The van der Waals surface area contributed by atoms with Crippen LogP contribution in [0.25, 0.3) is 0 Å². The number of hydrogen-bond donors (Lipinski definition) is 1. The fourth-order valence-electron chi connectivity index (χ4n) is 1.57. The van der Waals surface area contributed by atoms with E-state index in [9.17, 15) is 9.18 Å². The molecule has 0 saturated heterocycles. The maximum absolute atomic E-state index is 13.1. The highest BCUT2D eigenvalue weighted by atomic mass is 35.5. The first kappa shape index (κ1) is 14.9. The van der Waals surface area contributed by atoms with Gasteiger partial charge in [0.05, 0.1) is 10.3 Å². The monoisotopic (exact) mass is 309 g/mol. The van der Waals surface area contributed by atoms with E-state index in [1.807, 2.05) is 30.3 Å². The van der Waals surface area contributed by atoms with Crippen molar-refractivity contribution in [1.29, 1.82) is 0 Å². The van der Waals surface area contributed by atoms with Crippen LogP contribution in [0.5, 0.6) is 0 Å². The largest absolute Gasteiger partial charge is 0.325 e. The van der Waals surface area contributed by atoms with E-state index in [1.54, 1.807) is 13.0 Å². The van der Waals surface area contributed by atoms with Gasteiger partial charge in [0, 0.05) is 10.6 Å². The summed E-state index contributed by atoms with van der Waals surface area (Å²) in [5, 5.41) is 2.57. The predicted octanol–water partition coefficient (Wildman–Crippen LogP) is 4.60. The van der Waals surface area contributed by atoms with Crippen molar-refractivity contribution in [3.8, 4) is 0 Å². The molecular formula is C15H13ClFNOS. The highest BCUT2D eigenvalue weighted by molar-refractivity contribution is 8.00. The summed E-state index contributed by atoms with van der Waals surface area (Å²) in [6, 6.07) is 13.7. The van der Waals surface area contributed by atoms with Crippen LogP contribution in [0.15, 0.2) is 53.4 Å². The molecule has 1 amide bonds. The SMILES string of the molecule is C[C@@H](Sc1ccc(F)c(Cl)c1)C(=O)Nc1ccccc1. The van der Waals surface area contributed by atoms with Gasteiger partial charge in [-0.15, -0.1) is 11.8 Å². The van der Waals surface area contributed by atoms with E-state index in [-0.39, 0.29) is 16.2 Å². The summed E-state index contributed by atoms with van der Waals surface area (Å²) < 4.78 is 13.1. The van der Waals surface area contributed by atoms with Crippen LogP contribution in [-0.4, -0.2) is 11.2 Å². The van der Waals surface area contributed by atoms with Gasteiger partial charge >= 0.3 is 0 Å². The first-order chi connectivity index (χ1) is 9.56. The third-order valence-corrected chi connectivity index (χ3v) is 4.00. The second-order valence-corrected chi connectivity index (χ2v) is 6.01. The average Bonchev–Trinajstić information content (AvgIpc) is 2.44. The van der Waals surface area contributed by atoms with E-state index in [2.05, 4.69) is 5.32 Å². The number of para-hydroxylation sites is 1. The lowest BCUT2D eigenvalue weighted by molar-refractivity contribution is -0.115. The Morgan fingerprint density at radius 2 is 1.95 bits per heavy atom. The molecule has 104 valence electrons. The van der Waals surface area contributed by atoms with Crippen LogP contribution in [0.3, 0.4) is 0 Å². The third kappa shape index (κ3) is 3.99. The topological polar surface area (TPSA) is 29.1 Å². The lowest BCUT2D eigenvalue weighted by Crippen LogP contribution is -2.22. The van der Waals surface area contributed by atoms with Gasteiger partial charge in [0.2, 0.25) is 5.91 Å². The van der Waals surface area contributed by atoms with Gasteiger partial charge < -0.3 is 5.32 Å². The Bertz CT molecular complexity index is 606. The number of hydrogen-bond acceptors (Lipinski definition) is 2. The zero-order chi connectivity index (χ0) is 14.5. The van der Waals surface area contributed by atoms with Crippen LogP contribution in [0.4, 0.5) is 10.1 Å². The third-order valence-electron chi connectivity index (χ3n) is 2.61. The smallest absolute Gasteiger partial charge is 0.237 e. The number of carbonyl (C=O) groups is 1. The Balaban J connectivity index is 1.98. The summed E-state index contributed by atoms with van der Waals surface area (Å²) in [5.74, 6) is -0.570. The number of rotatable bonds is 4. The van der Waals surface area contributed by atoms with Gasteiger partial charge in [0.1, 0.15) is 5.82 Å². The standard InChI is InChI=1S/C15H13ClFNOS/c1-10(15(19)18-11-5-3-2-4-6-11)20-12-7-8-14(17)13(16)9-12/h2-10H,1H3,(H,18,19)/t10-/m1/s1. The average molecular weight is 310 g/mol. The van der Waals surface area contributed by atoms with Crippen molar-refractivity contribution < 1.29 is 9.18 Å². The maximum atomic E-state index is 13.1. The number of benzene rings is 2. The first-order valence-electron chi connectivity index (χ1n) is 6.04. The minimum absolute atomic E-state index is 0.0608. The van der Waals surface area contributed by atoms with E-state index < -0.39 is 5.82 Å². The lowest BCUT2D eigenvalue weighted by atomic mass is 10.3. The molecule has 0 aliphatic heterocycles. The molecule has 2 aromatic carbocycles. The number of nitrogens with one attached hydrogen (secondary N) is 1. The second-order valence-electron chi connectivity index (χ2n) is 4.19. The zero-order valence-corrected chi connectivity index (χ0v) is 12.3. The summed E-state index contributed by atoms with van der Waals surface area (Å²) in [6.07, 6.45) is 0. The fraction of sp³-hybridized carbons (Fsp3) is 0.133. The molecule has 0 bridgehead atoms. The van der Waals surface area contributed by atoms with Crippen molar-refractivity contribution in [2.45, 2.75) is 17.1 Å². The van der Waals surface area contributed by atoms with Gasteiger partial charge in [0.15, 0.2) is 0 Å². The molecule has 0 unspecified atom stereocenters. The van der Waals surface area contributed by atoms with Gasteiger partial charge in [-0.05, 0) is 37.3 Å². The van der Waals surface area contributed by atoms with Crippen molar-refractivity contribution in [2.75, 3.05) is 5.32 Å². The van der Waals surface area contributed by atoms with Crippen LogP contribution in [0.2, 0.25) is 5.02 Å². The van der Waals surface area contributed by atoms with Crippen molar-refractivity contribution >= 4 is 35.0 Å². The summed E-state index contributed by atoms with van der Waals surface area (Å²) in [4.78, 5) is 12.8. The Kier molecular flexibility index (Phi) is 5.04. The molecule has 1 N–H and O–H groups in total. The number of amides is 1. The maximum Gasteiger partial charge on any atom is 0.237 e. The van der Waals surface area contributed by atoms with E-state index in [4.69, 9.17) is 11.6 Å². The minimum atomic E-state index is -0.461. The van der Waals surface area contributed by atoms with Crippen LogP contribution in [0.1, 0.15) is 6.92 Å². The number of carbonyl (C=O) groups excluding carboxylic acids is 1. The van der Waals surface area contributed by atoms with E-state index in [1.165, 1.54) is 23.9 Å². The van der Waals surface area contributed by atoms with Crippen molar-refractivity contribution in [3.63, 3.8) is 0 Å². The van der Waals surface area contributed by atoms with Crippen molar-refractivity contribution in [1.82, 2.24) is 0 Å². The van der Waals surface area contributed by atoms with Crippen LogP contribution in [-0.2, 0) is 4.79 Å². The Hall–Kier alpha value is -1.52. The highest BCUT2D eigenvalue weighted by Crippen LogP contribution is 2.27. The van der Waals surface area contributed by atoms with E-state index in [0.29, 0.717) is 0 Å². The molecule has 0 heterocycles. The molecule has 0 saturated carbocycles. The molecule has 0 aromatic heterocycles. The lowest BCUT2D eigenvalue weighted by Gasteiger charge is -2.12. The quantitative estimate of drug-likeness (QED) is 0.836. The summed E-state index contributed by atoms with van der Waals surface area (Å²) in [7, 11) is 0. The molecule has 2 rings (SSSR count). The number of thioether (sulfide) groups is 1. The number of anilines is 1. The molecule has 0 aliphatic rings. The number of halogens is 2. The summed E-state index contributed by atoms with van der Waals surface area (Å²) >= 11 is 7.05. The molecule has 2 nitrogen and oxygen atoms in total. The molecule has 2 aromatic rings. The van der Waals surface area contributed by atoms with Gasteiger partial charge in [-0.3, -0.25) is 4.79 Å². The molecule has 0 spiro atoms. The Morgan fingerprint density at radius 1 is 1.25 bits per heavy atom. The summed E-state index contributed by atoms with van der Waals surface area (Å²) in [5.41, 5.74) is 0.752. The van der Waals surface area contributed by atoms with Crippen molar-refractivity contribution in [3.05, 3.63) is 59.4 Å². The minimum Gasteiger partial charge on any atom is -0.325 e. The van der Waals surface area contributed by atoms with Crippen molar-refractivity contribution in [2.24, 2.45) is 0 Å². The molecule has 20 heavy (non-hydrogen) atoms. The zero-order valence-electron chi connectivity index (χ0n) is 10.8. The van der Waals surface area contributed by atoms with Crippen LogP contribution in [0, 0.1) is 5.82 Å². The molecule has 0 radical (unpaired) electrons. The van der Waals surface area contributed by atoms with Crippen LogP contribution < -0.4 is 5.32 Å². The highest BCUT2D eigenvalue weighted by Gasteiger charge is 2.15. The Morgan fingerprint density at radius 3 is 2.60 bits per heavy atom. The molecule has 0 fully saturated rings. The normalized spacial score (nSPS) is 11.9. The van der Waals surface area contributed by atoms with Gasteiger partial charge in [-0.1, -0.05) is 29.8 Å². The first-order valence-corrected chi connectivity index (χ1v) is 7.29. The van der Waals surface area contributed by atoms with E-state index >= 15 is 0 Å². The molecule has 0 aliphatic carbocycles. The van der Waals surface area contributed by atoms with E-state index in [0.717, 1.165) is 10.6 Å². The van der Waals surface area contributed by atoms with Gasteiger partial charge in [-0.2, -0.15) is 0 Å². The second kappa shape index (κ2) is 6.77. The molecule has 5 heteroatoms. The van der Waals surface area contributed by atoms with Gasteiger partial charge in [-0.25, -0.2) is 4.39 Å². The van der Waals surface area contributed by atoms with Gasteiger partial charge in [0.25, 0.3) is 0 Å². The fourth-order valence-corrected chi connectivity index (χ4v) is 2.73. The van der Waals surface area contributed by atoms with Crippen LogP contribution >= 0.6 is 23.4 Å². The summed E-state index contributed by atoms with van der Waals surface area (Å²) in [6.45, 7) is 1.79. The molecule has 1 atom stereocenters.